The molecular formula is C32H60O10. The Labute approximate surface area is 252 Å². The summed E-state index contributed by atoms with van der Waals surface area (Å²) in [5.74, 6) is -0.939. The van der Waals surface area contributed by atoms with Crippen molar-refractivity contribution in [1.82, 2.24) is 0 Å². The van der Waals surface area contributed by atoms with Gasteiger partial charge in [0.05, 0.1) is 25.4 Å². The predicted octanol–water partition coefficient (Wildman–Crippen LogP) is 2.66. The maximum Gasteiger partial charge on any atom is 0.181 e. The molecule has 0 aromatic rings. The van der Waals surface area contributed by atoms with Crippen molar-refractivity contribution in [3.63, 3.8) is 0 Å². The van der Waals surface area contributed by atoms with Gasteiger partial charge >= 0.3 is 0 Å². The molecule has 2 fully saturated rings. The zero-order valence-electron chi connectivity index (χ0n) is 25.5. The predicted molar refractivity (Wildman–Crippen MR) is 159 cm³/mol. The number of hydrogen-bond donors (Lipinski definition) is 8. The Hall–Kier alpha value is -0.660. The van der Waals surface area contributed by atoms with Gasteiger partial charge in [0.25, 0.3) is 0 Å². The van der Waals surface area contributed by atoms with E-state index in [0.29, 0.717) is 12.8 Å². The van der Waals surface area contributed by atoms with E-state index in [1.54, 1.807) is 0 Å². The lowest BCUT2D eigenvalue weighted by Crippen LogP contribution is -2.55. The third kappa shape index (κ3) is 13.1. The lowest BCUT2D eigenvalue weighted by Gasteiger charge is -2.40. The van der Waals surface area contributed by atoms with E-state index in [1.807, 2.05) is 0 Å². The lowest BCUT2D eigenvalue weighted by molar-refractivity contribution is -0.274. The van der Waals surface area contributed by atoms with Gasteiger partial charge in [-0.1, -0.05) is 89.2 Å². The van der Waals surface area contributed by atoms with Crippen LogP contribution in [-0.4, -0.2) is 103 Å². The third-order valence-electron chi connectivity index (χ3n) is 9.07. The van der Waals surface area contributed by atoms with E-state index in [9.17, 15) is 40.9 Å². The minimum atomic E-state index is -1.35. The van der Waals surface area contributed by atoms with Crippen molar-refractivity contribution in [1.29, 1.82) is 0 Å². The van der Waals surface area contributed by atoms with Gasteiger partial charge < -0.3 is 50.3 Å². The Balaban J connectivity index is 1.34. The summed E-state index contributed by atoms with van der Waals surface area (Å²) in [5.41, 5.74) is 0. The number of aliphatic hydroxyl groups excluding tert-OH is 8. The van der Waals surface area contributed by atoms with Crippen LogP contribution in [0.25, 0.3) is 0 Å². The van der Waals surface area contributed by atoms with Gasteiger partial charge in [-0.15, -0.1) is 0 Å². The van der Waals surface area contributed by atoms with E-state index >= 15 is 0 Å². The van der Waals surface area contributed by atoms with Crippen molar-refractivity contribution in [3.05, 3.63) is 12.2 Å². The fourth-order valence-corrected chi connectivity index (χ4v) is 6.33. The van der Waals surface area contributed by atoms with Crippen molar-refractivity contribution in [3.8, 4) is 0 Å². The number of ether oxygens (including phenoxy) is 2. The summed E-state index contributed by atoms with van der Waals surface area (Å²) in [5, 5.41) is 78.7. The van der Waals surface area contributed by atoms with Crippen LogP contribution >= 0.6 is 0 Å². The van der Waals surface area contributed by atoms with Gasteiger partial charge in [0.15, 0.2) is 12.6 Å². The molecule has 0 spiro atoms. The van der Waals surface area contributed by atoms with Crippen LogP contribution in [0, 0.1) is 11.8 Å². The summed E-state index contributed by atoms with van der Waals surface area (Å²) in [7, 11) is 0. The molecule has 0 aliphatic carbocycles. The van der Waals surface area contributed by atoms with Crippen molar-refractivity contribution in [2.24, 2.45) is 11.8 Å². The molecule has 2 heterocycles. The summed E-state index contributed by atoms with van der Waals surface area (Å²) in [6.45, 7) is -0.751. The van der Waals surface area contributed by atoms with Gasteiger partial charge in [-0.2, -0.15) is 0 Å². The van der Waals surface area contributed by atoms with Crippen molar-refractivity contribution in [2.75, 3.05) is 13.2 Å². The molecule has 10 heteroatoms. The second-order valence-electron chi connectivity index (χ2n) is 12.4. The Morgan fingerprint density at radius 1 is 0.405 bits per heavy atom. The van der Waals surface area contributed by atoms with Crippen molar-refractivity contribution < 1.29 is 50.3 Å². The fourth-order valence-electron chi connectivity index (χ4n) is 6.33. The van der Waals surface area contributed by atoms with Crippen LogP contribution in [0.15, 0.2) is 12.2 Å². The third-order valence-corrected chi connectivity index (χ3v) is 9.07. The van der Waals surface area contributed by atoms with E-state index in [4.69, 9.17) is 9.47 Å². The highest BCUT2D eigenvalue weighted by atomic mass is 16.6. The van der Waals surface area contributed by atoms with Crippen LogP contribution in [-0.2, 0) is 9.47 Å². The molecule has 2 aliphatic heterocycles. The molecule has 8 N–H and O–H groups in total. The zero-order chi connectivity index (χ0) is 30.7. The first-order valence-corrected chi connectivity index (χ1v) is 16.6. The first kappa shape index (κ1) is 37.5. The van der Waals surface area contributed by atoms with Gasteiger partial charge in [0.2, 0.25) is 0 Å². The van der Waals surface area contributed by atoms with Gasteiger partial charge in [-0.3, -0.25) is 0 Å². The molecule has 2 rings (SSSR count). The Bertz CT molecular complexity index is 638. The standard InChI is InChI=1S/C32H60O10/c33-21-25-27(35)23(29(37)31(39)41-25)19-17-15-13-11-9-7-5-3-1-2-4-6-8-10-12-14-16-18-20-24-28(36)26(22-34)42-32(40)30(24)38/h1-2,23-40H,3-22H2/b2-1-/t23-,24+,25+,26-,27-,28+,29+,30-,31?,32?. The maximum atomic E-state index is 10.2. The molecule has 2 unspecified atom stereocenters. The van der Waals surface area contributed by atoms with Gasteiger partial charge in [0, 0.05) is 11.8 Å². The molecule has 2 saturated heterocycles. The van der Waals surface area contributed by atoms with Gasteiger partial charge in [-0.05, 0) is 38.5 Å². The number of rotatable bonds is 22. The summed E-state index contributed by atoms with van der Waals surface area (Å²) in [6.07, 6.45) is 15.2. The van der Waals surface area contributed by atoms with Crippen LogP contribution in [0.4, 0.5) is 0 Å². The number of aliphatic hydroxyl groups is 8. The topological polar surface area (TPSA) is 180 Å². The molecule has 0 amide bonds. The van der Waals surface area contributed by atoms with Crippen LogP contribution in [0.3, 0.4) is 0 Å². The van der Waals surface area contributed by atoms with Crippen LogP contribution in [0.5, 0.6) is 0 Å². The molecule has 0 radical (unpaired) electrons. The van der Waals surface area contributed by atoms with E-state index in [0.717, 1.165) is 51.4 Å². The second-order valence-corrected chi connectivity index (χ2v) is 12.4. The smallest absolute Gasteiger partial charge is 0.181 e. The number of hydrogen-bond acceptors (Lipinski definition) is 10. The summed E-state index contributed by atoms with van der Waals surface area (Å²) >= 11 is 0. The number of allylic oxidation sites excluding steroid dienone is 2. The molecule has 0 bridgehead atoms. The monoisotopic (exact) mass is 604 g/mol. The Morgan fingerprint density at radius 2 is 0.714 bits per heavy atom. The Morgan fingerprint density at radius 3 is 1.05 bits per heavy atom. The van der Waals surface area contributed by atoms with Gasteiger partial charge in [0.1, 0.15) is 24.4 Å². The quantitative estimate of drug-likeness (QED) is 0.0676. The van der Waals surface area contributed by atoms with E-state index in [-0.39, 0.29) is 13.2 Å². The Kier molecular flexibility index (Phi) is 19.6. The molecule has 0 aromatic heterocycles. The van der Waals surface area contributed by atoms with E-state index in [1.165, 1.54) is 51.4 Å². The highest BCUT2D eigenvalue weighted by molar-refractivity contribution is 4.89. The largest absolute Gasteiger partial charge is 0.394 e. The molecule has 2 aliphatic rings. The second kappa shape index (κ2) is 21.9. The van der Waals surface area contributed by atoms with Gasteiger partial charge in [-0.25, -0.2) is 0 Å². The molecule has 42 heavy (non-hydrogen) atoms. The van der Waals surface area contributed by atoms with Crippen molar-refractivity contribution >= 4 is 0 Å². The molecule has 10 atom stereocenters. The van der Waals surface area contributed by atoms with Crippen molar-refractivity contribution in [2.45, 2.75) is 165 Å². The molecular weight excluding hydrogens is 544 g/mol. The van der Waals surface area contributed by atoms with Crippen LogP contribution in [0.1, 0.15) is 116 Å². The molecule has 0 saturated carbocycles. The van der Waals surface area contributed by atoms with Crippen LogP contribution in [0.2, 0.25) is 0 Å². The fraction of sp³-hybridized carbons (Fsp3) is 0.938. The molecule has 0 aromatic carbocycles. The summed E-state index contributed by atoms with van der Waals surface area (Å²) in [6, 6.07) is 0. The zero-order valence-corrected chi connectivity index (χ0v) is 25.5. The normalized spacial score (nSPS) is 33.9. The lowest BCUT2D eigenvalue weighted by atomic mass is 9.85. The minimum Gasteiger partial charge on any atom is -0.394 e. The average Bonchev–Trinajstić information content (AvgIpc) is 2.98. The first-order valence-electron chi connectivity index (χ1n) is 16.6. The molecule has 248 valence electrons. The first-order chi connectivity index (χ1) is 20.3. The van der Waals surface area contributed by atoms with Crippen LogP contribution < -0.4 is 0 Å². The minimum absolute atomic E-state index is 0.375. The maximum absolute atomic E-state index is 10.2. The van der Waals surface area contributed by atoms with E-state index in [2.05, 4.69) is 12.2 Å². The van der Waals surface area contributed by atoms with E-state index < -0.39 is 61.0 Å². The number of unbranched alkanes of at least 4 members (excludes halogenated alkanes) is 14. The highest BCUT2D eigenvalue weighted by Gasteiger charge is 2.44. The summed E-state index contributed by atoms with van der Waals surface area (Å²) in [4.78, 5) is 0. The average molecular weight is 605 g/mol. The summed E-state index contributed by atoms with van der Waals surface area (Å²) < 4.78 is 10.1. The SMILES string of the molecule is OC[C@@H]1OC(O)[C@@H](O)[C@H](CCCCCCCCC/C=C\CCCCCCCCC[C@H]2[C@H](O)[C@@H](CO)OC(O)[C@@H]2O)[C@H]1O. The highest BCUT2D eigenvalue weighted by Crippen LogP contribution is 2.30. The molecule has 10 nitrogen and oxygen atoms in total.